The van der Waals surface area contributed by atoms with Gasteiger partial charge in [0.05, 0.1) is 12.5 Å². The van der Waals surface area contributed by atoms with Crippen molar-refractivity contribution in [1.29, 1.82) is 0 Å². The van der Waals surface area contributed by atoms with Crippen molar-refractivity contribution in [1.82, 2.24) is 10.2 Å². The predicted octanol–water partition coefficient (Wildman–Crippen LogP) is 0.759. The standard InChI is InChI=1S/C14H20N2O2/c17-13-9-14(18)16(11-13)8-4-7-15-10-12-5-2-1-3-6-12/h1-3,5-6,13,15,17H,4,7-11H2. The Morgan fingerprint density at radius 2 is 2.11 bits per heavy atom. The molecule has 2 N–H and O–H groups in total. The molecule has 0 bridgehead atoms. The number of nitrogens with one attached hydrogen (secondary N) is 1. The Hall–Kier alpha value is -1.39. The van der Waals surface area contributed by atoms with Crippen LogP contribution in [0, 0.1) is 0 Å². The van der Waals surface area contributed by atoms with E-state index in [1.165, 1.54) is 5.56 Å². The van der Waals surface area contributed by atoms with Gasteiger partial charge in [0.15, 0.2) is 0 Å². The summed E-state index contributed by atoms with van der Waals surface area (Å²) in [6, 6.07) is 10.2. The summed E-state index contributed by atoms with van der Waals surface area (Å²) >= 11 is 0. The van der Waals surface area contributed by atoms with Crippen molar-refractivity contribution in [2.24, 2.45) is 0 Å². The first-order valence-electron chi connectivity index (χ1n) is 6.46. The minimum absolute atomic E-state index is 0.0746. The molecule has 0 aliphatic carbocycles. The van der Waals surface area contributed by atoms with Gasteiger partial charge in [0.25, 0.3) is 0 Å². The molecule has 1 unspecified atom stereocenters. The normalized spacial score (nSPS) is 19.5. The van der Waals surface area contributed by atoms with Gasteiger partial charge >= 0.3 is 0 Å². The van der Waals surface area contributed by atoms with Crippen molar-refractivity contribution in [2.75, 3.05) is 19.6 Å². The van der Waals surface area contributed by atoms with E-state index in [4.69, 9.17) is 0 Å². The number of amides is 1. The highest BCUT2D eigenvalue weighted by Crippen LogP contribution is 2.10. The summed E-state index contributed by atoms with van der Waals surface area (Å²) in [5.41, 5.74) is 1.27. The minimum Gasteiger partial charge on any atom is -0.391 e. The monoisotopic (exact) mass is 248 g/mol. The van der Waals surface area contributed by atoms with Crippen LogP contribution in [0.2, 0.25) is 0 Å². The predicted molar refractivity (Wildman–Crippen MR) is 70.0 cm³/mol. The van der Waals surface area contributed by atoms with Gasteiger partial charge in [-0.3, -0.25) is 4.79 Å². The Bertz CT molecular complexity index is 381. The van der Waals surface area contributed by atoms with E-state index in [-0.39, 0.29) is 12.3 Å². The number of carbonyl (C=O) groups excluding carboxylic acids is 1. The Balaban J connectivity index is 1.58. The number of nitrogens with zero attached hydrogens (tertiary/aromatic N) is 1. The maximum atomic E-state index is 11.4. The highest BCUT2D eigenvalue weighted by molar-refractivity contribution is 5.78. The van der Waals surface area contributed by atoms with E-state index < -0.39 is 6.10 Å². The second-order valence-corrected chi connectivity index (χ2v) is 4.71. The number of carbonyl (C=O) groups is 1. The summed E-state index contributed by atoms with van der Waals surface area (Å²) in [7, 11) is 0. The molecule has 4 nitrogen and oxygen atoms in total. The average Bonchev–Trinajstić information content (AvgIpc) is 2.69. The molecule has 1 aliphatic heterocycles. The molecule has 0 aromatic heterocycles. The van der Waals surface area contributed by atoms with E-state index in [0.29, 0.717) is 6.54 Å². The van der Waals surface area contributed by atoms with Crippen molar-refractivity contribution in [2.45, 2.75) is 25.5 Å². The third kappa shape index (κ3) is 3.82. The second-order valence-electron chi connectivity index (χ2n) is 4.71. The van der Waals surface area contributed by atoms with Crippen molar-refractivity contribution < 1.29 is 9.90 Å². The van der Waals surface area contributed by atoms with Crippen LogP contribution in [0.15, 0.2) is 30.3 Å². The highest BCUT2D eigenvalue weighted by atomic mass is 16.3. The maximum Gasteiger partial charge on any atom is 0.225 e. The Morgan fingerprint density at radius 1 is 1.33 bits per heavy atom. The number of likely N-dealkylation sites (tertiary alicyclic amines) is 1. The lowest BCUT2D eigenvalue weighted by atomic mass is 10.2. The van der Waals surface area contributed by atoms with Crippen molar-refractivity contribution in [3.05, 3.63) is 35.9 Å². The maximum absolute atomic E-state index is 11.4. The lowest BCUT2D eigenvalue weighted by Crippen LogP contribution is -2.29. The summed E-state index contributed by atoms with van der Waals surface area (Å²) in [6.07, 6.45) is 0.748. The largest absolute Gasteiger partial charge is 0.391 e. The third-order valence-electron chi connectivity index (χ3n) is 3.15. The fraction of sp³-hybridized carbons (Fsp3) is 0.500. The molecule has 0 saturated carbocycles. The molecule has 1 aromatic rings. The van der Waals surface area contributed by atoms with Crippen LogP contribution < -0.4 is 5.32 Å². The van der Waals surface area contributed by atoms with Crippen LogP contribution in [-0.2, 0) is 11.3 Å². The molecule has 0 radical (unpaired) electrons. The summed E-state index contributed by atoms with van der Waals surface area (Å²) in [5.74, 6) is 0.0746. The van der Waals surface area contributed by atoms with Crippen LogP contribution in [0.4, 0.5) is 0 Å². The number of aliphatic hydroxyl groups is 1. The van der Waals surface area contributed by atoms with Gasteiger partial charge < -0.3 is 15.3 Å². The van der Waals surface area contributed by atoms with Crippen molar-refractivity contribution in [3.8, 4) is 0 Å². The molecular weight excluding hydrogens is 228 g/mol. The number of benzene rings is 1. The van der Waals surface area contributed by atoms with E-state index >= 15 is 0 Å². The second kappa shape index (κ2) is 6.52. The topological polar surface area (TPSA) is 52.6 Å². The summed E-state index contributed by atoms with van der Waals surface area (Å²) < 4.78 is 0. The van der Waals surface area contributed by atoms with Crippen LogP contribution in [-0.4, -0.2) is 41.7 Å². The van der Waals surface area contributed by atoms with Crippen LogP contribution in [0.5, 0.6) is 0 Å². The zero-order valence-corrected chi connectivity index (χ0v) is 10.5. The highest BCUT2D eigenvalue weighted by Gasteiger charge is 2.26. The van der Waals surface area contributed by atoms with Crippen LogP contribution >= 0.6 is 0 Å². The quantitative estimate of drug-likeness (QED) is 0.731. The van der Waals surface area contributed by atoms with Gasteiger partial charge in [-0.25, -0.2) is 0 Å². The molecule has 18 heavy (non-hydrogen) atoms. The fourth-order valence-corrected chi connectivity index (χ4v) is 2.19. The molecule has 2 rings (SSSR count). The minimum atomic E-state index is -0.463. The lowest BCUT2D eigenvalue weighted by molar-refractivity contribution is -0.127. The number of hydrogen-bond donors (Lipinski definition) is 2. The van der Waals surface area contributed by atoms with Crippen LogP contribution in [0.1, 0.15) is 18.4 Å². The van der Waals surface area contributed by atoms with E-state index in [1.807, 2.05) is 18.2 Å². The molecule has 1 amide bonds. The van der Waals surface area contributed by atoms with E-state index in [2.05, 4.69) is 17.4 Å². The van der Waals surface area contributed by atoms with Gasteiger partial charge in [0.2, 0.25) is 5.91 Å². The van der Waals surface area contributed by atoms with Crippen LogP contribution in [0.3, 0.4) is 0 Å². The smallest absolute Gasteiger partial charge is 0.225 e. The molecule has 1 atom stereocenters. The first kappa shape index (κ1) is 13.1. The summed E-state index contributed by atoms with van der Waals surface area (Å²) in [5, 5.41) is 12.7. The fourth-order valence-electron chi connectivity index (χ4n) is 2.19. The van der Waals surface area contributed by atoms with Gasteiger partial charge in [-0.1, -0.05) is 30.3 Å². The zero-order valence-electron chi connectivity index (χ0n) is 10.5. The Kier molecular flexibility index (Phi) is 4.73. The van der Waals surface area contributed by atoms with Gasteiger partial charge in [-0.15, -0.1) is 0 Å². The van der Waals surface area contributed by atoms with Crippen LogP contribution in [0.25, 0.3) is 0 Å². The molecule has 1 aromatic carbocycles. The zero-order chi connectivity index (χ0) is 12.8. The molecule has 1 saturated heterocycles. The first-order chi connectivity index (χ1) is 8.75. The Morgan fingerprint density at radius 3 is 2.78 bits per heavy atom. The van der Waals surface area contributed by atoms with Gasteiger partial charge in [-0.05, 0) is 18.5 Å². The van der Waals surface area contributed by atoms with E-state index in [9.17, 15) is 9.90 Å². The molecule has 1 aliphatic rings. The molecule has 1 fully saturated rings. The molecule has 4 heteroatoms. The number of rotatable bonds is 6. The number of hydrogen-bond acceptors (Lipinski definition) is 3. The van der Waals surface area contributed by atoms with E-state index in [0.717, 1.165) is 26.1 Å². The van der Waals surface area contributed by atoms with Crippen molar-refractivity contribution >= 4 is 5.91 Å². The van der Waals surface area contributed by atoms with Gasteiger partial charge in [-0.2, -0.15) is 0 Å². The molecule has 1 heterocycles. The summed E-state index contributed by atoms with van der Waals surface area (Å²) in [6.45, 7) is 2.97. The molecule has 0 spiro atoms. The molecule has 98 valence electrons. The van der Waals surface area contributed by atoms with Crippen molar-refractivity contribution in [3.63, 3.8) is 0 Å². The molecular formula is C14H20N2O2. The third-order valence-corrected chi connectivity index (χ3v) is 3.15. The number of aliphatic hydroxyl groups excluding tert-OH is 1. The number of β-amino-alcohol motifs (C(OH)–C–C–N with tert-alkyl or cyclic N) is 1. The SMILES string of the molecule is O=C1CC(O)CN1CCCNCc1ccccc1. The van der Waals surface area contributed by atoms with Gasteiger partial charge in [0, 0.05) is 19.6 Å². The summed E-state index contributed by atoms with van der Waals surface area (Å²) in [4.78, 5) is 13.2. The van der Waals surface area contributed by atoms with Gasteiger partial charge in [0.1, 0.15) is 0 Å². The Labute approximate surface area is 108 Å². The van der Waals surface area contributed by atoms with E-state index in [1.54, 1.807) is 4.90 Å². The first-order valence-corrected chi connectivity index (χ1v) is 6.46. The lowest BCUT2D eigenvalue weighted by Gasteiger charge is -2.15. The average molecular weight is 248 g/mol.